The van der Waals surface area contributed by atoms with Gasteiger partial charge in [-0.15, -0.1) is 0 Å². The van der Waals surface area contributed by atoms with Gasteiger partial charge in [0.15, 0.2) is 17.7 Å². The monoisotopic (exact) mass is 338 g/mol. The molecule has 0 aliphatic rings. The van der Waals surface area contributed by atoms with Gasteiger partial charge in [0.1, 0.15) is 11.6 Å². The van der Waals surface area contributed by atoms with Crippen LogP contribution in [0.2, 0.25) is 0 Å². The largest absolute Gasteiger partial charge is 0.481 e. The summed E-state index contributed by atoms with van der Waals surface area (Å²) in [6.45, 7) is 1.42. The zero-order valence-electron chi connectivity index (χ0n) is 12.5. The smallest absolute Gasteiger partial charge is 0.279 e. The number of carbonyl (C=O) groups excluding carboxylic acids is 2. The Morgan fingerprint density at radius 1 is 0.958 bits per heavy atom. The van der Waals surface area contributed by atoms with Crippen LogP contribution in [-0.4, -0.2) is 17.9 Å². The molecule has 2 N–H and O–H groups in total. The lowest BCUT2D eigenvalue weighted by Gasteiger charge is -2.15. The summed E-state index contributed by atoms with van der Waals surface area (Å²) in [5.74, 6) is -3.95. The highest BCUT2D eigenvalue weighted by Crippen LogP contribution is 2.13. The topological polar surface area (TPSA) is 67.4 Å². The summed E-state index contributed by atoms with van der Waals surface area (Å²) < 4.78 is 43.9. The molecule has 0 saturated heterocycles. The zero-order valence-corrected chi connectivity index (χ0v) is 12.5. The molecule has 2 rings (SSSR count). The normalized spacial score (nSPS) is 11.5. The van der Waals surface area contributed by atoms with Crippen molar-refractivity contribution in [1.82, 2.24) is 10.9 Å². The van der Waals surface area contributed by atoms with Gasteiger partial charge in [-0.2, -0.15) is 0 Å². The molecule has 0 heterocycles. The Balaban J connectivity index is 1.88. The molecule has 2 amide bonds. The second-order valence-electron chi connectivity index (χ2n) is 4.79. The minimum Gasteiger partial charge on any atom is -0.481 e. The second kappa shape index (κ2) is 7.49. The number of hydrazine groups is 1. The van der Waals surface area contributed by atoms with Crippen LogP contribution in [0.4, 0.5) is 13.2 Å². The first-order chi connectivity index (χ1) is 11.4. The zero-order chi connectivity index (χ0) is 17.7. The Bertz CT molecular complexity index is 751. The van der Waals surface area contributed by atoms with E-state index in [4.69, 9.17) is 4.74 Å². The van der Waals surface area contributed by atoms with Crippen molar-refractivity contribution in [3.63, 3.8) is 0 Å². The molecule has 1 atom stereocenters. The van der Waals surface area contributed by atoms with E-state index in [1.165, 1.54) is 31.2 Å². The molecule has 5 nitrogen and oxygen atoms in total. The van der Waals surface area contributed by atoms with Crippen molar-refractivity contribution in [3.05, 3.63) is 65.5 Å². The third-order valence-corrected chi connectivity index (χ3v) is 2.98. The fraction of sp³-hybridized carbons (Fsp3) is 0.125. The van der Waals surface area contributed by atoms with Crippen LogP contribution in [0.5, 0.6) is 5.75 Å². The van der Waals surface area contributed by atoms with Gasteiger partial charge in [-0.05, 0) is 49.4 Å². The molecule has 0 spiro atoms. The number of rotatable bonds is 4. The van der Waals surface area contributed by atoms with E-state index in [1.807, 2.05) is 0 Å². The number of nitrogens with one attached hydrogen (secondary N) is 2. The number of hydrogen-bond acceptors (Lipinski definition) is 3. The van der Waals surface area contributed by atoms with E-state index in [9.17, 15) is 22.8 Å². The molecule has 0 aromatic heterocycles. The van der Waals surface area contributed by atoms with Gasteiger partial charge in [-0.1, -0.05) is 0 Å². The Kier molecular flexibility index (Phi) is 5.41. The summed E-state index contributed by atoms with van der Waals surface area (Å²) in [6.07, 6.45) is -0.985. The van der Waals surface area contributed by atoms with E-state index in [2.05, 4.69) is 10.9 Å². The van der Waals surface area contributed by atoms with Crippen LogP contribution in [0, 0.1) is 17.5 Å². The average Bonchev–Trinajstić information content (AvgIpc) is 2.56. The lowest BCUT2D eigenvalue weighted by Crippen LogP contribution is -2.47. The van der Waals surface area contributed by atoms with Crippen LogP contribution in [0.3, 0.4) is 0 Å². The quantitative estimate of drug-likeness (QED) is 0.841. The third-order valence-electron chi connectivity index (χ3n) is 2.98. The van der Waals surface area contributed by atoms with Gasteiger partial charge in [0.05, 0.1) is 0 Å². The number of halogens is 3. The maximum atomic E-state index is 13.0. The van der Waals surface area contributed by atoms with Crippen molar-refractivity contribution in [2.45, 2.75) is 13.0 Å². The predicted octanol–water partition coefficient (Wildman–Crippen LogP) is 2.33. The van der Waals surface area contributed by atoms with Crippen molar-refractivity contribution in [2.24, 2.45) is 0 Å². The molecular formula is C16H13F3N2O3. The highest BCUT2D eigenvalue weighted by atomic mass is 19.2. The molecule has 0 radical (unpaired) electrons. The fourth-order valence-corrected chi connectivity index (χ4v) is 1.70. The molecule has 2 aromatic carbocycles. The van der Waals surface area contributed by atoms with Crippen molar-refractivity contribution in [2.75, 3.05) is 0 Å². The lowest BCUT2D eigenvalue weighted by molar-refractivity contribution is -0.128. The molecule has 0 bridgehead atoms. The number of carbonyl (C=O) groups is 2. The molecule has 126 valence electrons. The minimum absolute atomic E-state index is 0.165. The Morgan fingerprint density at radius 2 is 1.62 bits per heavy atom. The molecule has 0 saturated carbocycles. The third kappa shape index (κ3) is 4.48. The molecule has 2 aromatic rings. The minimum atomic E-state index is -1.18. The van der Waals surface area contributed by atoms with Gasteiger partial charge >= 0.3 is 0 Å². The second-order valence-corrected chi connectivity index (χ2v) is 4.79. The summed E-state index contributed by atoms with van der Waals surface area (Å²) >= 11 is 0. The van der Waals surface area contributed by atoms with Gasteiger partial charge in [-0.3, -0.25) is 20.4 Å². The highest BCUT2D eigenvalue weighted by molar-refractivity contribution is 5.95. The molecule has 0 aliphatic heterocycles. The molecular weight excluding hydrogens is 325 g/mol. The molecule has 8 heteroatoms. The lowest BCUT2D eigenvalue weighted by atomic mass is 10.2. The van der Waals surface area contributed by atoms with Gasteiger partial charge in [0.2, 0.25) is 0 Å². The summed E-state index contributed by atoms with van der Waals surface area (Å²) in [4.78, 5) is 23.5. The first kappa shape index (κ1) is 17.3. The molecule has 1 unspecified atom stereocenters. The van der Waals surface area contributed by atoms with Crippen LogP contribution in [0.1, 0.15) is 17.3 Å². The Labute approximate surface area is 135 Å². The van der Waals surface area contributed by atoms with E-state index in [1.54, 1.807) is 0 Å². The van der Waals surface area contributed by atoms with Crippen molar-refractivity contribution in [1.29, 1.82) is 0 Å². The Hall–Kier alpha value is -3.03. The highest BCUT2D eigenvalue weighted by Gasteiger charge is 2.16. The van der Waals surface area contributed by atoms with Gasteiger partial charge < -0.3 is 4.74 Å². The number of ether oxygens (including phenoxy) is 1. The maximum Gasteiger partial charge on any atom is 0.279 e. The van der Waals surface area contributed by atoms with Gasteiger partial charge in [-0.25, -0.2) is 13.2 Å². The summed E-state index contributed by atoms with van der Waals surface area (Å²) in [5, 5.41) is 0. The van der Waals surface area contributed by atoms with E-state index < -0.39 is 35.4 Å². The van der Waals surface area contributed by atoms with Crippen molar-refractivity contribution >= 4 is 11.8 Å². The average molecular weight is 338 g/mol. The fourth-order valence-electron chi connectivity index (χ4n) is 1.70. The van der Waals surface area contributed by atoms with E-state index in [-0.39, 0.29) is 11.3 Å². The van der Waals surface area contributed by atoms with E-state index >= 15 is 0 Å². The molecule has 24 heavy (non-hydrogen) atoms. The van der Waals surface area contributed by atoms with Crippen LogP contribution in [0.25, 0.3) is 0 Å². The number of benzene rings is 2. The first-order valence-electron chi connectivity index (χ1n) is 6.84. The van der Waals surface area contributed by atoms with Crippen molar-refractivity contribution in [3.8, 4) is 5.75 Å². The van der Waals surface area contributed by atoms with Gasteiger partial charge in [0, 0.05) is 5.56 Å². The SMILES string of the molecule is CC(Oc1ccc(F)cc1)C(=O)NNC(=O)c1ccc(F)c(F)c1. The summed E-state index contributed by atoms with van der Waals surface area (Å²) in [7, 11) is 0. The van der Waals surface area contributed by atoms with Crippen LogP contribution >= 0.6 is 0 Å². The van der Waals surface area contributed by atoms with Crippen LogP contribution in [0.15, 0.2) is 42.5 Å². The summed E-state index contributed by atoms with van der Waals surface area (Å²) in [5.41, 5.74) is 3.98. The standard InChI is InChI=1S/C16H13F3N2O3/c1-9(24-12-5-3-11(17)4-6-12)15(22)20-21-16(23)10-2-7-13(18)14(19)8-10/h2-9H,1H3,(H,20,22)(H,21,23). The summed E-state index contributed by atoms with van der Waals surface area (Å²) in [6, 6.07) is 7.60. The number of amides is 2. The van der Waals surface area contributed by atoms with Crippen LogP contribution in [-0.2, 0) is 4.79 Å². The number of hydrogen-bond donors (Lipinski definition) is 2. The Morgan fingerprint density at radius 3 is 2.25 bits per heavy atom. The van der Waals surface area contributed by atoms with Crippen LogP contribution < -0.4 is 15.6 Å². The molecule has 0 aliphatic carbocycles. The van der Waals surface area contributed by atoms with E-state index in [0.29, 0.717) is 6.07 Å². The first-order valence-corrected chi connectivity index (χ1v) is 6.84. The maximum absolute atomic E-state index is 13.0. The molecule has 0 fully saturated rings. The van der Waals surface area contributed by atoms with Gasteiger partial charge in [0.25, 0.3) is 11.8 Å². The van der Waals surface area contributed by atoms with Crippen molar-refractivity contribution < 1.29 is 27.5 Å². The predicted molar refractivity (Wildman–Crippen MR) is 78.5 cm³/mol. The van der Waals surface area contributed by atoms with E-state index in [0.717, 1.165) is 12.1 Å².